The Balaban J connectivity index is 1.55. The molecule has 10 heteroatoms. The van der Waals surface area contributed by atoms with Crippen molar-refractivity contribution in [3.63, 3.8) is 0 Å². The number of hydrogen-bond acceptors (Lipinski definition) is 8. The molecule has 0 saturated carbocycles. The number of carbonyl (C=O) groups is 1. The Morgan fingerprint density at radius 2 is 2.03 bits per heavy atom. The van der Waals surface area contributed by atoms with E-state index in [1.54, 1.807) is 37.6 Å². The summed E-state index contributed by atoms with van der Waals surface area (Å²) >= 11 is 0. The fourth-order valence-corrected chi connectivity index (χ4v) is 6.28. The largest absolute Gasteiger partial charge is 0.384 e. The molecule has 0 radical (unpaired) electrons. The summed E-state index contributed by atoms with van der Waals surface area (Å²) in [5, 5.41) is -0.183. The molecule has 2 aromatic heterocycles. The first-order chi connectivity index (χ1) is 16.6. The van der Waals surface area contributed by atoms with Crippen molar-refractivity contribution in [1.82, 2.24) is 14.7 Å². The highest BCUT2D eigenvalue weighted by molar-refractivity contribution is 7.90. The molecule has 9 nitrogen and oxygen atoms in total. The molecule has 4 heterocycles. The number of rotatable bonds is 7. The van der Waals surface area contributed by atoms with Gasteiger partial charge in [-0.3, -0.25) is 4.79 Å². The van der Waals surface area contributed by atoms with Gasteiger partial charge in [-0.05, 0) is 69.2 Å². The third kappa shape index (κ3) is 5.59. The van der Waals surface area contributed by atoms with Crippen LogP contribution in [-0.4, -0.2) is 63.2 Å². The summed E-state index contributed by atoms with van der Waals surface area (Å²) in [4.78, 5) is 26.2. The summed E-state index contributed by atoms with van der Waals surface area (Å²) < 4.78 is 33.8. The maximum atomic E-state index is 13.2. The lowest BCUT2D eigenvalue weighted by Gasteiger charge is -2.33. The zero-order chi connectivity index (χ0) is 25.2. The first-order valence-corrected chi connectivity index (χ1v) is 13.6. The Morgan fingerprint density at radius 3 is 2.74 bits per heavy atom. The smallest absolute Gasteiger partial charge is 0.281 e. The summed E-state index contributed by atoms with van der Waals surface area (Å²) in [6.45, 7) is 9.33. The van der Waals surface area contributed by atoms with Crippen LogP contribution < -0.4 is 14.5 Å². The number of aromatic nitrogens is 2. The van der Waals surface area contributed by atoms with Crippen molar-refractivity contribution >= 4 is 27.6 Å². The van der Waals surface area contributed by atoms with E-state index in [4.69, 9.17) is 4.74 Å². The minimum atomic E-state index is -4.18. The molecule has 2 unspecified atom stereocenters. The molecule has 1 amide bonds. The van der Waals surface area contributed by atoms with Gasteiger partial charge in [-0.15, -0.1) is 0 Å². The molecule has 4 rings (SSSR count). The van der Waals surface area contributed by atoms with Gasteiger partial charge in [-0.1, -0.05) is 13.0 Å². The standard InChI is InChI=1S/C25H35N5O4S/c1-18-14-25(2,3)30(15-18)23-20(9-6-12-26-23)24(31)28-35(32,33)22-11-5-10-21(27-22)29-13-7-8-19(16-29)17-34-4/h5-6,9-12,18-19H,7-8,13-17H2,1-4H3,(H,28,31). The maximum absolute atomic E-state index is 13.2. The molecular weight excluding hydrogens is 466 g/mol. The predicted octanol–water partition coefficient (Wildman–Crippen LogP) is 3.08. The van der Waals surface area contributed by atoms with Gasteiger partial charge in [-0.25, -0.2) is 14.7 Å². The molecule has 35 heavy (non-hydrogen) atoms. The van der Waals surface area contributed by atoms with Crippen LogP contribution in [-0.2, 0) is 14.8 Å². The minimum absolute atomic E-state index is 0.183. The summed E-state index contributed by atoms with van der Waals surface area (Å²) in [7, 11) is -2.49. The number of pyridine rings is 2. The third-order valence-corrected chi connectivity index (χ3v) is 8.05. The minimum Gasteiger partial charge on any atom is -0.384 e. The van der Waals surface area contributed by atoms with Gasteiger partial charge in [-0.2, -0.15) is 8.42 Å². The van der Waals surface area contributed by atoms with Gasteiger partial charge >= 0.3 is 0 Å². The molecule has 2 atom stereocenters. The summed E-state index contributed by atoms with van der Waals surface area (Å²) in [5.41, 5.74) is 0.0417. The fourth-order valence-electron chi connectivity index (χ4n) is 5.35. The van der Waals surface area contributed by atoms with E-state index in [1.165, 1.54) is 6.07 Å². The van der Waals surface area contributed by atoms with Crippen molar-refractivity contribution in [2.24, 2.45) is 11.8 Å². The number of carbonyl (C=O) groups excluding carboxylic acids is 1. The van der Waals surface area contributed by atoms with Crippen LogP contribution in [0.1, 0.15) is 50.4 Å². The normalized spacial score (nSPS) is 22.3. The van der Waals surface area contributed by atoms with E-state index in [9.17, 15) is 13.2 Å². The van der Waals surface area contributed by atoms with Crippen LogP contribution in [0.5, 0.6) is 0 Å². The lowest BCUT2D eigenvalue weighted by molar-refractivity contribution is 0.0981. The SMILES string of the molecule is COCC1CCCN(c2cccc(S(=O)(=O)NC(=O)c3cccnc3N3CC(C)CC3(C)C)n2)C1. The molecule has 0 bridgehead atoms. The van der Waals surface area contributed by atoms with Gasteiger partial charge < -0.3 is 14.5 Å². The van der Waals surface area contributed by atoms with Crippen LogP contribution in [0.4, 0.5) is 11.6 Å². The van der Waals surface area contributed by atoms with Crippen LogP contribution >= 0.6 is 0 Å². The number of piperidine rings is 1. The average molecular weight is 502 g/mol. The fraction of sp³-hybridized carbons (Fsp3) is 0.560. The number of ether oxygens (including phenoxy) is 1. The zero-order valence-corrected chi connectivity index (χ0v) is 21.7. The van der Waals surface area contributed by atoms with E-state index in [0.29, 0.717) is 30.1 Å². The lowest BCUT2D eigenvalue weighted by atomic mass is 9.97. The number of amides is 1. The van der Waals surface area contributed by atoms with E-state index >= 15 is 0 Å². The van der Waals surface area contributed by atoms with Crippen molar-refractivity contribution in [2.75, 3.05) is 43.2 Å². The van der Waals surface area contributed by atoms with Crippen LogP contribution in [0.25, 0.3) is 0 Å². The van der Waals surface area contributed by atoms with Crippen LogP contribution in [0, 0.1) is 11.8 Å². The van der Waals surface area contributed by atoms with Gasteiger partial charge in [0.25, 0.3) is 15.9 Å². The average Bonchev–Trinajstić information content (AvgIpc) is 3.11. The van der Waals surface area contributed by atoms with Crippen LogP contribution in [0.3, 0.4) is 0 Å². The highest BCUT2D eigenvalue weighted by Gasteiger charge is 2.39. The molecule has 0 spiro atoms. The number of nitrogens with zero attached hydrogens (tertiary/aromatic N) is 4. The van der Waals surface area contributed by atoms with Gasteiger partial charge in [0.05, 0.1) is 12.2 Å². The number of methoxy groups -OCH3 is 1. The lowest BCUT2D eigenvalue weighted by Crippen LogP contribution is -2.41. The van der Waals surface area contributed by atoms with Crippen molar-refractivity contribution < 1.29 is 17.9 Å². The van der Waals surface area contributed by atoms with Crippen LogP contribution in [0.15, 0.2) is 41.6 Å². The molecule has 2 aromatic rings. The Labute approximate surface area is 207 Å². The molecule has 0 aliphatic carbocycles. The zero-order valence-electron chi connectivity index (χ0n) is 20.9. The summed E-state index contributed by atoms with van der Waals surface area (Å²) in [6.07, 6.45) is 4.64. The predicted molar refractivity (Wildman–Crippen MR) is 135 cm³/mol. The molecule has 0 aromatic carbocycles. The Hall–Kier alpha value is -2.72. The van der Waals surface area contributed by atoms with E-state index in [-0.39, 0.29) is 16.1 Å². The molecule has 2 fully saturated rings. The topological polar surface area (TPSA) is 105 Å². The molecule has 2 saturated heterocycles. The second-order valence-corrected chi connectivity index (χ2v) is 11.9. The second kappa shape index (κ2) is 10.1. The molecule has 1 N–H and O–H groups in total. The maximum Gasteiger partial charge on any atom is 0.281 e. The van der Waals surface area contributed by atoms with Gasteiger partial charge in [0.15, 0.2) is 5.03 Å². The molecule has 2 aliphatic heterocycles. The van der Waals surface area contributed by atoms with E-state index < -0.39 is 15.9 Å². The Kier molecular flexibility index (Phi) is 7.32. The van der Waals surface area contributed by atoms with Crippen LogP contribution in [0.2, 0.25) is 0 Å². The first kappa shape index (κ1) is 25.4. The Bertz CT molecular complexity index is 1170. The number of nitrogens with one attached hydrogen (secondary N) is 1. The van der Waals surface area contributed by atoms with Crippen molar-refractivity contribution in [3.8, 4) is 0 Å². The van der Waals surface area contributed by atoms with E-state index in [1.807, 2.05) is 0 Å². The van der Waals surface area contributed by atoms with Gasteiger partial charge in [0.1, 0.15) is 11.6 Å². The van der Waals surface area contributed by atoms with Crippen molar-refractivity contribution in [3.05, 3.63) is 42.1 Å². The quantitative estimate of drug-likeness (QED) is 0.617. The highest BCUT2D eigenvalue weighted by Crippen LogP contribution is 2.37. The highest BCUT2D eigenvalue weighted by atomic mass is 32.2. The number of hydrogen-bond donors (Lipinski definition) is 1. The second-order valence-electron chi connectivity index (χ2n) is 10.3. The third-order valence-electron chi connectivity index (χ3n) is 6.82. The van der Waals surface area contributed by atoms with Gasteiger partial charge in [0, 0.05) is 38.5 Å². The Morgan fingerprint density at radius 1 is 1.23 bits per heavy atom. The summed E-state index contributed by atoms with van der Waals surface area (Å²) in [6, 6.07) is 8.12. The van der Waals surface area contributed by atoms with E-state index in [2.05, 4.69) is 45.3 Å². The molecule has 2 aliphatic rings. The van der Waals surface area contributed by atoms with Crippen molar-refractivity contribution in [1.29, 1.82) is 0 Å². The molecular formula is C25H35N5O4S. The monoisotopic (exact) mass is 501 g/mol. The molecule has 190 valence electrons. The van der Waals surface area contributed by atoms with Gasteiger partial charge in [0.2, 0.25) is 0 Å². The van der Waals surface area contributed by atoms with E-state index in [0.717, 1.165) is 38.9 Å². The summed E-state index contributed by atoms with van der Waals surface area (Å²) in [5.74, 6) is 1.17. The number of sulfonamides is 1. The number of anilines is 2. The first-order valence-electron chi connectivity index (χ1n) is 12.1. The van der Waals surface area contributed by atoms with Crippen molar-refractivity contribution in [2.45, 2.75) is 50.6 Å².